The number of furan rings is 1. The normalized spacial score (nSPS) is 11.0. The number of amides is 1. The zero-order chi connectivity index (χ0) is 18.1. The summed E-state index contributed by atoms with van der Waals surface area (Å²) in [6.07, 6.45) is 3.12. The Kier molecular flexibility index (Phi) is 4.22. The average molecular weight is 366 g/mol. The van der Waals surface area contributed by atoms with Gasteiger partial charge in [0, 0.05) is 24.9 Å². The highest BCUT2D eigenvalue weighted by Gasteiger charge is 2.18. The molecule has 26 heavy (non-hydrogen) atoms. The van der Waals surface area contributed by atoms with Crippen molar-refractivity contribution in [3.8, 4) is 0 Å². The molecule has 0 unspecified atom stereocenters. The monoisotopic (exact) mass is 365 g/mol. The van der Waals surface area contributed by atoms with Crippen molar-refractivity contribution in [3.05, 3.63) is 82.8 Å². The molecule has 0 bridgehead atoms. The summed E-state index contributed by atoms with van der Waals surface area (Å²) in [6.45, 7) is 2.63. The van der Waals surface area contributed by atoms with E-state index in [1.165, 1.54) is 11.8 Å². The highest BCUT2D eigenvalue weighted by molar-refractivity contribution is 6.30. The lowest BCUT2D eigenvalue weighted by atomic mass is 10.1. The topological polar surface area (TPSA) is 60.1 Å². The van der Waals surface area contributed by atoms with Crippen molar-refractivity contribution in [2.45, 2.75) is 13.5 Å². The van der Waals surface area contributed by atoms with E-state index in [1.807, 2.05) is 22.8 Å². The van der Waals surface area contributed by atoms with E-state index in [0.717, 1.165) is 11.1 Å². The van der Waals surface area contributed by atoms with Crippen molar-refractivity contribution in [3.63, 3.8) is 0 Å². The standard InChI is InChI=1S/C20H16ClN3O2/c1-13-4-2-3-5-14(13)12-24-16-8-9-26-18(16)10-17(24)20(25)23-19-7-6-15(21)11-22-19/h2-11H,12H2,1H3,(H,22,23,25). The number of pyridine rings is 1. The molecule has 0 saturated carbocycles. The van der Waals surface area contributed by atoms with E-state index < -0.39 is 0 Å². The average Bonchev–Trinajstić information content (AvgIpc) is 3.21. The number of carbonyl (C=O) groups is 1. The number of anilines is 1. The molecule has 0 spiro atoms. The first-order valence-corrected chi connectivity index (χ1v) is 8.54. The maximum Gasteiger partial charge on any atom is 0.273 e. The van der Waals surface area contributed by atoms with Gasteiger partial charge in [0.1, 0.15) is 11.5 Å². The first-order chi connectivity index (χ1) is 12.6. The minimum atomic E-state index is -0.250. The Hall–Kier alpha value is -3.05. The van der Waals surface area contributed by atoms with E-state index in [1.54, 1.807) is 24.5 Å². The number of nitrogens with zero attached hydrogens (tertiary/aromatic N) is 2. The Labute approximate surface area is 155 Å². The molecule has 3 heterocycles. The van der Waals surface area contributed by atoms with Gasteiger partial charge in [0.2, 0.25) is 0 Å². The summed E-state index contributed by atoms with van der Waals surface area (Å²) in [7, 11) is 0. The second-order valence-electron chi connectivity index (χ2n) is 6.03. The van der Waals surface area contributed by atoms with Crippen LogP contribution in [0.4, 0.5) is 5.82 Å². The molecule has 0 saturated heterocycles. The van der Waals surface area contributed by atoms with Gasteiger partial charge in [-0.05, 0) is 30.2 Å². The van der Waals surface area contributed by atoms with E-state index in [0.29, 0.717) is 28.7 Å². The predicted molar refractivity (Wildman–Crippen MR) is 102 cm³/mol. The summed E-state index contributed by atoms with van der Waals surface area (Å²) in [5.41, 5.74) is 4.38. The summed E-state index contributed by atoms with van der Waals surface area (Å²) >= 11 is 5.84. The highest BCUT2D eigenvalue weighted by Crippen LogP contribution is 2.24. The zero-order valence-corrected chi connectivity index (χ0v) is 14.8. The van der Waals surface area contributed by atoms with Crippen molar-refractivity contribution >= 4 is 34.4 Å². The fraction of sp³-hybridized carbons (Fsp3) is 0.100. The van der Waals surface area contributed by atoms with Crippen molar-refractivity contribution in [2.24, 2.45) is 0 Å². The van der Waals surface area contributed by atoms with Gasteiger partial charge in [-0.2, -0.15) is 0 Å². The molecule has 1 amide bonds. The zero-order valence-electron chi connectivity index (χ0n) is 14.1. The van der Waals surface area contributed by atoms with Crippen LogP contribution in [0.1, 0.15) is 21.6 Å². The smallest absolute Gasteiger partial charge is 0.273 e. The van der Waals surface area contributed by atoms with Gasteiger partial charge in [-0.3, -0.25) is 4.79 Å². The minimum Gasteiger partial charge on any atom is -0.463 e. The van der Waals surface area contributed by atoms with Crippen LogP contribution in [0.25, 0.3) is 11.1 Å². The molecule has 0 fully saturated rings. The first-order valence-electron chi connectivity index (χ1n) is 8.16. The molecule has 130 valence electrons. The number of nitrogens with one attached hydrogen (secondary N) is 1. The van der Waals surface area contributed by atoms with Crippen molar-refractivity contribution in [2.75, 3.05) is 5.32 Å². The molecule has 6 heteroatoms. The van der Waals surface area contributed by atoms with Crippen LogP contribution < -0.4 is 5.32 Å². The third-order valence-electron chi connectivity index (χ3n) is 4.31. The van der Waals surface area contributed by atoms with E-state index in [2.05, 4.69) is 29.4 Å². The molecule has 3 aromatic heterocycles. The van der Waals surface area contributed by atoms with E-state index in [4.69, 9.17) is 16.0 Å². The SMILES string of the molecule is Cc1ccccc1Cn1c(C(=O)Nc2ccc(Cl)cn2)cc2occc21. The fourth-order valence-corrected chi connectivity index (χ4v) is 3.04. The number of fused-ring (bicyclic) bond motifs is 1. The number of hydrogen-bond donors (Lipinski definition) is 1. The van der Waals surface area contributed by atoms with Crippen molar-refractivity contribution in [1.82, 2.24) is 9.55 Å². The summed E-state index contributed by atoms with van der Waals surface area (Å²) in [4.78, 5) is 16.9. The molecule has 0 aliphatic heterocycles. The number of carbonyl (C=O) groups excluding carboxylic acids is 1. The lowest BCUT2D eigenvalue weighted by Crippen LogP contribution is -2.18. The van der Waals surface area contributed by atoms with E-state index >= 15 is 0 Å². The summed E-state index contributed by atoms with van der Waals surface area (Å²) in [6, 6.07) is 15.1. The third kappa shape index (κ3) is 3.09. The van der Waals surface area contributed by atoms with Gasteiger partial charge in [0.25, 0.3) is 5.91 Å². The number of benzene rings is 1. The lowest BCUT2D eigenvalue weighted by Gasteiger charge is -2.12. The number of aromatic nitrogens is 2. The largest absolute Gasteiger partial charge is 0.463 e. The Morgan fingerprint density at radius 3 is 2.85 bits per heavy atom. The van der Waals surface area contributed by atoms with Crippen LogP contribution in [0, 0.1) is 6.92 Å². The molecule has 1 N–H and O–H groups in total. The lowest BCUT2D eigenvalue weighted by molar-refractivity contribution is 0.101. The third-order valence-corrected chi connectivity index (χ3v) is 4.54. The summed E-state index contributed by atoms with van der Waals surface area (Å²) < 4.78 is 7.44. The van der Waals surface area contributed by atoms with Crippen LogP contribution in [0.2, 0.25) is 5.02 Å². The Balaban J connectivity index is 1.70. The van der Waals surface area contributed by atoms with Gasteiger partial charge in [-0.25, -0.2) is 4.98 Å². The van der Waals surface area contributed by atoms with Gasteiger partial charge >= 0.3 is 0 Å². The molecular formula is C20H16ClN3O2. The fourth-order valence-electron chi connectivity index (χ4n) is 2.92. The molecular weight excluding hydrogens is 350 g/mol. The molecule has 0 radical (unpaired) electrons. The van der Waals surface area contributed by atoms with Gasteiger partial charge in [-0.1, -0.05) is 35.9 Å². The van der Waals surface area contributed by atoms with Gasteiger partial charge < -0.3 is 14.3 Å². The second kappa shape index (κ2) is 6.69. The number of halogens is 1. The predicted octanol–water partition coefficient (Wildman–Crippen LogP) is 4.89. The molecule has 0 atom stereocenters. The highest BCUT2D eigenvalue weighted by atomic mass is 35.5. The maximum absolute atomic E-state index is 12.8. The molecule has 1 aromatic carbocycles. The summed E-state index contributed by atoms with van der Waals surface area (Å²) in [5, 5.41) is 3.32. The molecule has 4 aromatic rings. The van der Waals surface area contributed by atoms with Crippen LogP contribution in [-0.4, -0.2) is 15.5 Å². The quantitative estimate of drug-likeness (QED) is 0.560. The molecule has 4 rings (SSSR count). The molecule has 5 nitrogen and oxygen atoms in total. The number of hydrogen-bond acceptors (Lipinski definition) is 3. The van der Waals surface area contributed by atoms with E-state index in [9.17, 15) is 4.79 Å². The molecule has 0 aliphatic rings. The summed E-state index contributed by atoms with van der Waals surface area (Å²) in [5.74, 6) is 0.194. The van der Waals surface area contributed by atoms with Crippen LogP contribution in [-0.2, 0) is 6.54 Å². The Morgan fingerprint density at radius 1 is 1.23 bits per heavy atom. The van der Waals surface area contributed by atoms with Gasteiger partial charge in [-0.15, -0.1) is 0 Å². The first kappa shape index (κ1) is 16.4. The Morgan fingerprint density at radius 2 is 2.08 bits per heavy atom. The van der Waals surface area contributed by atoms with Crippen LogP contribution in [0.3, 0.4) is 0 Å². The van der Waals surface area contributed by atoms with Crippen LogP contribution >= 0.6 is 11.6 Å². The van der Waals surface area contributed by atoms with Crippen LogP contribution in [0.5, 0.6) is 0 Å². The second-order valence-corrected chi connectivity index (χ2v) is 6.46. The minimum absolute atomic E-state index is 0.250. The number of aryl methyl sites for hydroxylation is 1. The van der Waals surface area contributed by atoms with E-state index in [-0.39, 0.29) is 5.91 Å². The van der Waals surface area contributed by atoms with Crippen molar-refractivity contribution < 1.29 is 9.21 Å². The van der Waals surface area contributed by atoms with Gasteiger partial charge in [0.05, 0.1) is 16.8 Å². The van der Waals surface area contributed by atoms with Gasteiger partial charge in [0.15, 0.2) is 5.58 Å². The molecule has 0 aliphatic carbocycles. The number of rotatable bonds is 4. The Bertz CT molecular complexity index is 1080. The van der Waals surface area contributed by atoms with Crippen molar-refractivity contribution in [1.29, 1.82) is 0 Å². The van der Waals surface area contributed by atoms with Crippen LogP contribution in [0.15, 0.2) is 65.4 Å². The maximum atomic E-state index is 12.8.